The lowest BCUT2D eigenvalue weighted by Crippen LogP contribution is -2.45. The van der Waals surface area contributed by atoms with E-state index < -0.39 is 34.4 Å². The van der Waals surface area contributed by atoms with Crippen LogP contribution in [0.25, 0.3) is 0 Å². The van der Waals surface area contributed by atoms with Gasteiger partial charge >= 0.3 is 5.97 Å². The monoisotopic (exact) mass is 422 g/mol. The fourth-order valence-electron chi connectivity index (χ4n) is 3.06. The third-order valence-electron chi connectivity index (χ3n) is 4.50. The van der Waals surface area contributed by atoms with Crippen LogP contribution < -0.4 is 4.74 Å². The second-order valence-corrected chi connectivity index (χ2v) is 9.73. The van der Waals surface area contributed by atoms with Crippen LogP contribution in [0.5, 0.6) is 5.75 Å². The molecule has 9 heteroatoms. The fraction of sp³-hybridized carbons (Fsp3) is 0.550. The standard InChI is InChI=1S/C20H26N2O6S/c1-14(2)11-22(17-8-9-29(25,26)13-17)19(23)12-27-20(24)15(3)28-18-6-4-16(10-21)5-7-18/h4-7,14-15,17H,8-9,11-13H2,1-3H3/t15-,17-/m1/s1. The van der Waals surface area contributed by atoms with Gasteiger partial charge < -0.3 is 14.4 Å². The van der Waals surface area contributed by atoms with Crippen molar-refractivity contribution in [2.24, 2.45) is 5.92 Å². The molecule has 0 aromatic heterocycles. The number of hydrogen-bond acceptors (Lipinski definition) is 7. The number of sulfone groups is 1. The zero-order valence-electron chi connectivity index (χ0n) is 16.8. The summed E-state index contributed by atoms with van der Waals surface area (Å²) in [7, 11) is -3.14. The lowest BCUT2D eigenvalue weighted by molar-refractivity contribution is -0.158. The van der Waals surface area contributed by atoms with Crippen molar-refractivity contribution < 1.29 is 27.5 Å². The summed E-state index contributed by atoms with van der Waals surface area (Å²) in [5, 5.41) is 8.79. The van der Waals surface area contributed by atoms with Crippen LogP contribution in [0.3, 0.4) is 0 Å². The molecule has 2 atom stereocenters. The number of nitrogens with zero attached hydrogens (tertiary/aromatic N) is 2. The molecule has 0 saturated carbocycles. The minimum atomic E-state index is -3.14. The predicted octanol–water partition coefficient (Wildman–Crippen LogP) is 1.54. The molecule has 158 valence electrons. The highest BCUT2D eigenvalue weighted by Gasteiger charge is 2.35. The maximum absolute atomic E-state index is 12.6. The maximum Gasteiger partial charge on any atom is 0.347 e. The smallest absolute Gasteiger partial charge is 0.347 e. The van der Waals surface area contributed by atoms with E-state index in [2.05, 4.69) is 0 Å². The van der Waals surface area contributed by atoms with Crippen molar-refractivity contribution in [3.63, 3.8) is 0 Å². The van der Waals surface area contributed by atoms with Crippen LogP contribution in [-0.2, 0) is 24.2 Å². The Morgan fingerprint density at radius 2 is 1.90 bits per heavy atom. The molecule has 0 aliphatic carbocycles. The van der Waals surface area contributed by atoms with Crippen LogP contribution in [0, 0.1) is 17.2 Å². The molecule has 1 aliphatic rings. The molecule has 2 rings (SSSR count). The van der Waals surface area contributed by atoms with E-state index in [1.807, 2.05) is 19.9 Å². The maximum atomic E-state index is 12.6. The SMILES string of the molecule is CC(C)CN(C(=O)COC(=O)[C@@H](C)Oc1ccc(C#N)cc1)[C@@H]1CCS(=O)(=O)C1. The molecule has 1 fully saturated rings. The Bertz CT molecular complexity index is 873. The first kappa shape index (κ1) is 22.7. The van der Waals surface area contributed by atoms with E-state index in [1.165, 1.54) is 11.8 Å². The molecule has 1 amide bonds. The van der Waals surface area contributed by atoms with Gasteiger partial charge in [-0.25, -0.2) is 13.2 Å². The van der Waals surface area contributed by atoms with Crippen LogP contribution in [-0.4, -0.2) is 62.0 Å². The first-order chi connectivity index (χ1) is 13.6. The topological polar surface area (TPSA) is 114 Å². The van der Waals surface area contributed by atoms with Gasteiger partial charge in [0.05, 0.1) is 23.1 Å². The summed E-state index contributed by atoms with van der Waals surface area (Å²) < 4.78 is 34.1. The van der Waals surface area contributed by atoms with Crippen molar-refractivity contribution >= 4 is 21.7 Å². The molecule has 1 saturated heterocycles. The van der Waals surface area contributed by atoms with E-state index in [-0.39, 0.29) is 23.5 Å². The first-order valence-electron chi connectivity index (χ1n) is 9.44. The molecule has 0 spiro atoms. The molecule has 1 aliphatic heterocycles. The van der Waals surface area contributed by atoms with Crippen molar-refractivity contribution in [2.45, 2.75) is 39.3 Å². The molecule has 0 unspecified atom stereocenters. The number of carbonyl (C=O) groups is 2. The highest BCUT2D eigenvalue weighted by Crippen LogP contribution is 2.19. The average Bonchev–Trinajstić information content (AvgIpc) is 3.03. The Morgan fingerprint density at radius 3 is 2.41 bits per heavy atom. The number of ether oxygens (including phenoxy) is 2. The molecule has 8 nitrogen and oxygen atoms in total. The second-order valence-electron chi connectivity index (χ2n) is 7.50. The van der Waals surface area contributed by atoms with Crippen LogP contribution in [0.4, 0.5) is 0 Å². The van der Waals surface area contributed by atoms with Crippen molar-refractivity contribution in [1.82, 2.24) is 4.90 Å². The van der Waals surface area contributed by atoms with Gasteiger partial charge in [0.1, 0.15) is 5.75 Å². The van der Waals surface area contributed by atoms with E-state index in [1.54, 1.807) is 24.3 Å². The lowest BCUT2D eigenvalue weighted by Gasteiger charge is -2.29. The van der Waals surface area contributed by atoms with Crippen molar-refractivity contribution in [3.05, 3.63) is 29.8 Å². The molecule has 29 heavy (non-hydrogen) atoms. The molecule has 1 aromatic rings. The Kier molecular flexibility index (Phi) is 7.62. The van der Waals surface area contributed by atoms with Gasteiger partial charge in [-0.2, -0.15) is 5.26 Å². The summed E-state index contributed by atoms with van der Waals surface area (Å²) in [5.41, 5.74) is 0.470. The van der Waals surface area contributed by atoms with Crippen LogP contribution in [0.15, 0.2) is 24.3 Å². The summed E-state index contributed by atoms with van der Waals surface area (Å²) in [6.45, 7) is 5.30. The number of nitriles is 1. The number of benzene rings is 1. The second kappa shape index (κ2) is 9.74. The first-order valence-corrected chi connectivity index (χ1v) is 11.3. The number of amides is 1. The van der Waals surface area contributed by atoms with Crippen LogP contribution in [0.2, 0.25) is 0 Å². The van der Waals surface area contributed by atoms with Gasteiger partial charge in [0.25, 0.3) is 5.91 Å². The van der Waals surface area contributed by atoms with E-state index >= 15 is 0 Å². The average molecular weight is 423 g/mol. The number of carbonyl (C=O) groups excluding carboxylic acids is 2. The summed E-state index contributed by atoms with van der Waals surface area (Å²) in [5.74, 6) is -0.563. The molecule has 0 N–H and O–H groups in total. The van der Waals surface area contributed by atoms with Gasteiger partial charge in [0.15, 0.2) is 22.5 Å². The number of hydrogen-bond donors (Lipinski definition) is 0. The third kappa shape index (κ3) is 6.75. The highest BCUT2D eigenvalue weighted by atomic mass is 32.2. The molecule has 0 radical (unpaired) electrons. The number of esters is 1. The highest BCUT2D eigenvalue weighted by molar-refractivity contribution is 7.91. The van der Waals surface area contributed by atoms with Gasteiger partial charge in [-0.3, -0.25) is 4.79 Å². The largest absolute Gasteiger partial charge is 0.479 e. The van der Waals surface area contributed by atoms with Gasteiger partial charge in [0.2, 0.25) is 0 Å². The normalized spacial score (nSPS) is 18.7. The van der Waals surface area contributed by atoms with Gasteiger partial charge in [0, 0.05) is 12.6 Å². The van der Waals surface area contributed by atoms with Crippen molar-refractivity contribution in [1.29, 1.82) is 5.26 Å². The fourth-order valence-corrected chi connectivity index (χ4v) is 4.79. The Morgan fingerprint density at radius 1 is 1.24 bits per heavy atom. The minimum Gasteiger partial charge on any atom is -0.479 e. The van der Waals surface area contributed by atoms with E-state index in [9.17, 15) is 18.0 Å². The van der Waals surface area contributed by atoms with Crippen LogP contribution in [0.1, 0.15) is 32.8 Å². The van der Waals surface area contributed by atoms with Gasteiger partial charge in [-0.15, -0.1) is 0 Å². The summed E-state index contributed by atoms with van der Waals surface area (Å²) >= 11 is 0. The summed E-state index contributed by atoms with van der Waals surface area (Å²) in [6.07, 6.45) is -0.548. The molecule has 0 bridgehead atoms. The zero-order chi connectivity index (χ0) is 21.6. The summed E-state index contributed by atoms with van der Waals surface area (Å²) in [6, 6.07) is 7.87. The van der Waals surface area contributed by atoms with Gasteiger partial charge in [-0.1, -0.05) is 13.8 Å². The van der Waals surface area contributed by atoms with E-state index in [4.69, 9.17) is 14.7 Å². The minimum absolute atomic E-state index is 0.0579. The van der Waals surface area contributed by atoms with E-state index in [0.717, 1.165) is 0 Å². The quantitative estimate of drug-likeness (QED) is 0.584. The predicted molar refractivity (Wildman–Crippen MR) is 106 cm³/mol. The molecular weight excluding hydrogens is 396 g/mol. The lowest BCUT2D eigenvalue weighted by atomic mass is 10.1. The summed E-state index contributed by atoms with van der Waals surface area (Å²) in [4.78, 5) is 26.3. The third-order valence-corrected chi connectivity index (χ3v) is 6.25. The van der Waals surface area contributed by atoms with Gasteiger partial charge in [-0.05, 0) is 43.5 Å². The molecule has 1 heterocycles. The van der Waals surface area contributed by atoms with Crippen molar-refractivity contribution in [3.8, 4) is 11.8 Å². The Balaban J connectivity index is 1.91. The Hall–Kier alpha value is -2.60. The number of rotatable bonds is 8. The molecule has 1 aromatic carbocycles. The molecular formula is C20H26N2O6S. The van der Waals surface area contributed by atoms with E-state index in [0.29, 0.717) is 24.3 Å². The zero-order valence-corrected chi connectivity index (χ0v) is 17.6. The van der Waals surface area contributed by atoms with Crippen LogP contribution >= 0.6 is 0 Å². The Labute approximate surface area is 171 Å². The van der Waals surface area contributed by atoms with Crippen molar-refractivity contribution in [2.75, 3.05) is 24.7 Å².